The number of nitrogens with zero attached hydrogens (tertiary/aromatic N) is 2. The van der Waals surface area contributed by atoms with E-state index in [-0.39, 0.29) is 0 Å². The molecule has 0 amide bonds. The van der Waals surface area contributed by atoms with Gasteiger partial charge in [0.1, 0.15) is 0 Å². The first-order chi connectivity index (χ1) is 6.72. The van der Waals surface area contributed by atoms with Crippen LogP contribution in [0.3, 0.4) is 0 Å². The fraction of sp³-hybridized carbons (Fsp3) is 0.818. The predicted molar refractivity (Wildman–Crippen MR) is 60.0 cm³/mol. The third-order valence-corrected chi connectivity index (χ3v) is 2.79. The molecule has 1 heterocycles. The number of piperidine rings is 1. The summed E-state index contributed by atoms with van der Waals surface area (Å²) in [5.41, 5.74) is 5.84. The number of terminal acetylenes is 1. The number of rotatable bonds is 4. The Balaban J connectivity index is 2.10. The topological polar surface area (TPSA) is 32.5 Å². The Morgan fingerprint density at radius 2 is 2.14 bits per heavy atom. The smallest absolute Gasteiger partial charge is 0.0596 e. The fourth-order valence-corrected chi connectivity index (χ4v) is 1.72. The summed E-state index contributed by atoms with van der Waals surface area (Å²) >= 11 is 0. The second kappa shape index (κ2) is 6.02. The van der Waals surface area contributed by atoms with E-state index in [2.05, 4.69) is 22.8 Å². The van der Waals surface area contributed by atoms with Gasteiger partial charge in [-0.05, 0) is 33.0 Å². The quantitative estimate of drug-likeness (QED) is 0.640. The van der Waals surface area contributed by atoms with Gasteiger partial charge in [-0.25, -0.2) is 0 Å². The van der Waals surface area contributed by atoms with Crippen molar-refractivity contribution in [1.29, 1.82) is 0 Å². The molecular formula is C11H21N3. The van der Waals surface area contributed by atoms with Crippen molar-refractivity contribution in [2.75, 3.05) is 39.8 Å². The molecular weight excluding hydrogens is 174 g/mol. The van der Waals surface area contributed by atoms with Crippen LogP contribution in [0.25, 0.3) is 0 Å². The molecule has 0 atom stereocenters. The zero-order chi connectivity index (χ0) is 10.4. The molecule has 0 radical (unpaired) electrons. The zero-order valence-corrected chi connectivity index (χ0v) is 9.08. The van der Waals surface area contributed by atoms with Crippen molar-refractivity contribution in [1.82, 2.24) is 9.80 Å². The van der Waals surface area contributed by atoms with Crippen molar-refractivity contribution in [3.05, 3.63) is 0 Å². The van der Waals surface area contributed by atoms with Crippen LogP contribution >= 0.6 is 0 Å². The number of hydrogen-bond donors (Lipinski definition) is 1. The summed E-state index contributed by atoms with van der Waals surface area (Å²) in [7, 11) is 2.07. The molecule has 0 aromatic rings. The molecule has 0 unspecified atom stereocenters. The molecule has 0 aromatic heterocycles. The molecule has 0 aromatic carbocycles. The fourth-order valence-electron chi connectivity index (χ4n) is 1.72. The minimum absolute atomic E-state index is 0.426. The van der Waals surface area contributed by atoms with Crippen LogP contribution in [0.4, 0.5) is 0 Å². The van der Waals surface area contributed by atoms with Crippen molar-refractivity contribution >= 4 is 0 Å². The zero-order valence-electron chi connectivity index (χ0n) is 9.08. The predicted octanol–water partition coefficient (Wildman–Crippen LogP) is -0.0255. The van der Waals surface area contributed by atoms with E-state index in [1.54, 1.807) is 0 Å². The molecule has 14 heavy (non-hydrogen) atoms. The maximum absolute atomic E-state index is 5.84. The van der Waals surface area contributed by atoms with Crippen molar-refractivity contribution < 1.29 is 0 Å². The molecule has 1 saturated heterocycles. The largest absolute Gasteiger partial charge is 0.328 e. The summed E-state index contributed by atoms with van der Waals surface area (Å²) < 4.78 is 0. The van der Waals surface area contributed by atoms with Gasteiger partial charge in [0.25, 0.3) is 0 Å². The summed E-state index contributed by atoms with van der Waals surface area (Å²) in [5, 5.41) is 0. The van der Waals surface area contributed by atoms with E-state index in [1.165, 1.54) is 0 Å². The average Bonchev–Trinajstić information content (AvgIpc) is 2.17. The average molecular weight is 195 g/mol. The first kappa shape index (κ1) is 11.5. The minimum atomic E-state index is 0.426. The Morgan fingerprint density at radius 1 is 1.50 bits per heavy atom. The van der Waals surface area contributed by atoms with Crippen LogP contribution in [0.15, 0.2) is 0 Å². The maximum atomic E-state index is 5.84. The number of likely N-dealkylation sites (N-methyl/N-ethyl adjacent to an activating group) is 1. The van der Waals surface area contributed by atoms with Crippen molar-refractivity contribution in [3.63, 3.8) is 0 Å². The van der Waals surface area contributed by atoms with Crippen molar-refractivity contribution in [2.45, 2.75) is 18.9 Å². The Bertz CT molecular complexity index is 189. The number of hydrogen-bond acceptors (Lipinski definition) is 3. The van der Waals surface area contributed by atoms with Crippen LogP contribution < -0.4 is 5.73 Å². The molecule has 1 fully saturated rings. The highest BCUT2D eigenvalue weighted by atomic mass is 15.2. The highest BCUT2D eigenvalue weighted by molar-refractivity contribution is 4.87. The molecule has 0 saturated carbocycles. The molecule has 1 aliphatic rings. The van der Waals surface area contributed by atoms with Gasteiger partial charge in [-0.1, -0.05) is 5.92 Å². The lowest BCUT2D eigenvalue weighted by atomic mass is 10.1. The molecule has 0 spiro atoms. The summed E-state index contributed by atoms with van der Waals surface area (Å²) in [6.45, 7) is 5.20. The first-order valence-electron chi connectivity index (χ1n) is 5.32. The highest BCUT2D eigenvalue weighted by Crippen LogP contribution is 2.07. The second-order valence-electron chi connectivity index (χ2n) is 4.12. The van der Waals surface area contributed by atoms with Gasteiger partial charge >= 0.3 is 0 Å². The van der Waals surface area contributed by atoms with E-state index >= 15 is 0 Å². The van der Waals surface area contributed by atoms with Gasteiger partial charge in [-0.15, -0.1) is 6.42 Å². The first-order valence-corrected chi connectivity index (χ1v) is 5.32. The van der Waals surface area contributed by atoms with Gasteiger partial charge < -0.3 is 10.6 Å². The summed E-state index contributed by atoms with van der Waals surface area (Å²) in [4.78, 5) is 4.64. The Morgan fingerprint density at radius 3 is 2.71 bits per heavy atom. The summed E-state index contributed by atoms with van der Waals surface area (Å²) in [6.07, 6.45) is 7.51. The van der Waals surface area contributed by atoms with Crippen LogP contribution in [-0.4, -0.2) is 55.6 Å². The molecule has 3 nitrogen and oxygen atoms in total. The lowest BCUT2D eigenvalue weighted by molar-refractivity contribution is 0.191. The number of nitrogens with two attached hydrogens (primary N) is 1. The van der Waals surface area contributed by atoms with Crippen LogP contribution in [0, 0.1) is 12.3 Å². The third kappa shape index (κ3) is 4.10. The summed E-state index contributed by atoms with van der Waals surface area (Å²) in [6, 6.07) is 0.426. The molecule has 1 rings (SSSR count). The van der Waals surface area contributed by atoms with Gasteiger partial charge in [0, 0.05) is 19.1 Å². The lowest BCUT2D eigenvalue weighted by Gasteiger charge is -2.31. The van der Waals surface area contributed by atoms with Crippen LogP contribution in [0.1, 0.15) is 12.8 Å². The molecule has 1 aliphatic heterocycles. The van der Waals surface area contributed by atoms with Gasteiger partial charge in [0.2, 0.25) is 0 Å². The van der Waals surface area contributed by atoms with Gasteiger partial charge in [0.05, 0.1) is 6.54 Å². The molecule has 0 aliphatic carbocycles. The van der Waals surface area contributed by atoms with Gasteiger partial charge in [0.15, 0.2) is 0 Å². The molecule has 0 bridgehead atoms. The van der Waals surface area contributed by atoms with Crippen LogP contribution in [-0.2, 0) is 0 Å². The van der Waals surface area contributed by atoms with E-state index in [4.69, 9.17) is 12.2 Å². The molecule has 2 N–H and O–H groups in total. The normalized spacial score (nSPS) is 19.9. The SMILES string of the molecule is C#CCN(C)CCN1CCC(N)CC1. The van der Waals surface area contributed by atoms with E-state index in [0.717, 1.165) is 45.6 Å². The van der Waals surface area contributed by atoms with E-state index in [1.807, 2.05) is 0 Å². The summed E-state index contributed by atoms with van der Waals surface area (Å²) in [5.74, 6) is 2.65. The van der Waals surface area contributed by atoms with Crippen molar-refractivity contribution in [2.24, 2.45) is 5.73 Å². The molecule has 80 valence electrons. The van der Waals surface area contributed by atoms with Gasteiger partial charge in [-0.2, -0.15) is 0 Å². The Labute approximate surface area is 87.2 Å². The Hall–Kier alpha value is -0.560. The number of likely N-dealkylation sites (tertiary alicyclic amines) is 1. The maximum Gasteiger partial charge on any atom is 0.0596 e. The highest BCUT2D eigenvalue weighted by Gasteiger charge is 2.15. The standard InChI is InChI=1S/C11H21N3/c1-3-6-13(2)9-10-14-7-4-11(12)5-8-14/h1,11H,4-10,12H2,2H3. The Kier molecular flexibility index (Phi) is 4.95. The third-order valence-electron chi connectivity index (χ3n) is 2.79. The monoisotopic (exact) mass is 195 g/mol. The van der Waals surface area contributed by atoms with E-state index in [9.17, 15) is 0 Å². The van der Waals surface area contributed by atoms with E-state index in [0.29, 0.717) is 6.04 Å². The van der Waals surface area contributed by atoms with Crippen molar-refractivity contribution in [3.8, 4) is 12.3 Å². The van der Waals surface area contributed by atoms with E-state index < -0.39 is 0 Å². The molecule has 3 heteroatoms. The minimum Gasteiger partial charge on any atom is -0.328 e. The van der Waals surface area contributed by atoms with Crippen LogP contribution in [0.5, 0.6) is 0 Å². The second-order valence-corrected chi connectivity index (χ2v) is 4.12. The van der Waals surface area contributed by atoms with Gasteiger partial charge in [-0.3, -0.25) is 4.90 Å². The lowest BCUT2D eigenvalue weighted by Crippen LogP contribution is -2.42. The van der Waals surface area contributed by atoms with Crippen LogP contribution in [0.2, 0.25) is 0 Å².